The summed E-state index contributed by atoms with van der Waals surface area (Å²) >= 11 is 0. The van der Waals surface area contributed by atoms with Crippen LogP contribution in [0.5, 0.6) is 0 Å². The number of benzene rings is 1. The molecule has 0 atom stereocenters. The topological polar surface area (TPSA) is 40.6 Å². The standard InChI is InChI=1S/C13H14N2O2/c1-14(2)8-10-12(16)9-6-4-5-7-11(9)15(3)13(10)17/h4-8H,1-3H3/b10-8+. The largest absolute Gasteiger partial charge is 0.383 e. The van der Waals surface area contributed by atoms with Gasteiger partial charge in [0, 0.05) is 32.9 Å². The van der Waals surface area contributed by atoms with Crippen LogP contribution < -0.4 is 4.90 Å². The number of para-hydroxylation sites is 1. The van der Waals surface area contributed by atoms with Crippen LogP contribution in [0.4, 0.5) is 5.69 Å². The number of ketones is 1. The van der Waals surface area contributed by atoms with E-state index in [1.165, 1.54) is 4.90 Å². The Hall–Kier alpha value is -2.10. The molecule has 4 nitrogen and oxygen atoms in total. The number of hydrogen-bond acceptors (Lipinski definition) is 3. The summed E-state index contributed by atoms with van der Waals surface area (Å²) in [6.45, 7) is 0. The smallest absolute Gasteiger partial charge is 0.263 e. The number of Topliss-reactive ketones (excluding diaryl/α,β-unsaturated/α-hetero) is 1. The molecule has 1 aliphatic heterocycles. The van der Waals surface area contributed by atoms with Crippen LogP contribution in [-0.2, 0) is 4.79 Å². The first-order chi connectivity index (χ1) is 8.02. The fraction of sp³-hybridized carbons (Fsp3) is 0.231. The molecule has 1 amide bonds. The summed E-state index contributed by atoms with van der Waals surface area (Å²) in [4.78, 5) is 27.4. The normalized spacial score (nSPS) is 17.4. The van der Waals surface area contributed by atoms with E-state index in [9.17, 15) is 9.59 Å². The van der Waals surface area contributed by atoms with E-state index in [2.05, 4.69) is 0 Å². The third-order valence-corrected chi connectivity index (χ3v) is 2.68. The lowest BCUT2D eigenvalue weighted by atomic mass is 9.96. The molecule has 0 aromatic heterocycles. The summed E-state index contributed by atoms with van der Waals surface area (Å²) in [6.07, 6.45) is 1.57. The van der Waals surface area contributed by atoms with E-state index < -0.39 is 0 Å². The van der Waals surface area contributed by atoms with Crippen LogP contribution in [0.2, 0.25) is 0 Å². The molecule has 0 fully saturated rings. The molecule has 1 aromatic rings. The Morgan fingerprint density at radius 3 is 2.47 bits per heavy atom. The van der Waals surface area contributed by atoms with Crippen molar-refractivity contribution < 1.29 is 9.59 Å². The van der Waals surface area contributed by atoms with Gasteiger partial charge >= 0.3 is 0 Å². The molecular formula is C13H14N2O2. The number of rotatable bonds is 1. The van der Waals surface area contributed by atoms with E-state index in [0.29, 0.717) is 11.3 Å². The molecule has 4 heteroatoms. The van der Waals surface area contributed by atoms with Gasteiger partial charge < -0.3 is 9.80 Å². The molecule has 17 heavy (non-hydrogen) atoms. The van der Waals surface area contributed by atoms with Gasteiger partial charge in [-0.05, 0) is 12.1 Å². The van der Waals surface area contributed by atoms with E-state index in [1.807, 2.05) is 6.07 Å². The van der Waals surface area contributed by atoms with Gasteiger partial charge in [-0.2, -0.15) is 0 Å². The van der Waals surface area contributed by atoms with Crippen LogP contribution in [-0.4, -0.2) is 37.7 Å². The molecule has 0 spiro atoms. The predicted molar refractivity (Wildman–Crippen MR) is 66.0 cm³/mol. The maximum atomic E-state index is 12.2. The Morgan fingerprint density at radius 2 is 1.82 bits per heavy atom. The second kappa shape index (κ2) is 4.05. The van der Waals surface area contributed by atoms with Gasteiger partial charge in [0.25, 0.3) is 5.91 Å². The second-order valence-electron chi connectivity index (χ2n) is 4.22. The van der Waals surface area contributed by atoms with Gasteiger partial charge in [0.05, 0.1) is 5.69 Å². The van der Waals surface area contributed by atoms with Gasteiger partial charge in [-0.3, -0.25) is 9.59 Å². The molecule has 1 heterocycles. The summed E-state index contributed by atoms with van der Waals surface area (Å²) in [6, 6.07) is 7.13. The number of amides is 1. The summed E-state index contributed by atoms with van der Waals surface area (Å²) in [5.74, 6) is -0.472. The molecule has 0 saturated carbocycles. The molecule has 0 bridgehead atoms. The maximum absolute atomic E-state index is 12.2. The van der Waals surface area contributed by atoms with Crippen LogP contribution in [0.15, 0.2) is 36.0 Å². The molecule has 0 N–H and O–H groups in total. The maximum Gasteiger partial charge on any atom is 0.263 e. The summed E-state index contributed by atoms with van der Waals surface area (Å²) in [5, 5.41) is 0. The number of fused-ring (bicyclic) bond motifs is 1. The fourth-order valence-corrected chi connectivity index (χ4v) is 1.86. The minimum Gasteiger partial charge on any atom is -0.383 e. The number of anilines is 1. The number of nitrogens with zero attached hydrogens (tertiary/aromatic N) is 2. The van der Waals surface area contributed by atoms with Crippen molar-refractivity contribution in [1.29, 1.82) is 0 Å². The molecule has 1 aliphatic rings. The second-order valence-corrected chi connectivity index (χ2v) is 4.22. The van der Waals surface area contributed by atoms with Gasteiger partial charge in [-0.1, -0.05) is 12.1 Å². The highest BCUT2D eigenvalue weighted by Gasteiger charge is 2.32. The van der Waals surface area contributed by atoms with Crippen molar-refractivity contribution in [2.45, 2.75) is 0 Å². The molecule has 0 unspecified atom stereocenters. The van der Waals surface area contributed by atoms with E-state index in [4.69, 9.17) is 0 Å². The molecule has 0 radical (unpaired) electrons. The molecule has 1 aromatic carbocycles. The van der Waals surface area contributed by atoms with Crippen molar-refractivity contribution in [3.63, 3.8) is 0 Å². The third kappa shape index (κ3) is 1.82. The summed E-state index contributed by atoms with van der Waals surface area (Å²) in [5.41, 5.74) is 1.44. The number of likely N-dealkylation sites (N-methyl/N-ethyl adjacent to an activating group) is 1. The quantitative estimate of drug-likeness (QED) is 0.539. The molecule has 0 saturated heterocycles. The highest BCUT2D eigenvalue weighted by Crippen LogP contribution is 2.28. The van der Waals surface area contributed by atoms with E-state index in [1.54, 1.807) is 50.4 Å². The van der Waals surface area contributed by atoms with E-state index in [-0.39, 0.29) is 17.3 Å². The van der Waals surface area contributed by atoms with Crippen molar-refractivity contribution in [1.82, 2.24) is 4.90 Å². The lowest BCUT2D eigenvalue weighted by Gasteiger charge is -2.26. The minimum absolute atomic E-state index is 0.205. The first-order valence-corrected chi connectivity index (χ1v) is 5.32. The van der Waals surface area contributed by atoms with Crippen LogP contribution in [0.25, 0.3) is 0 Å². The zero-order valence-corrected chi connectivity index (χ0v) is 10.1. The predicted octanol–water partition coefficient (Wildman–Crippen LogP) is 1.29. The molecule has 88 valence electrons. The minimum atomic E-state index is -0.262. The highest BCUT2D eigenvalue weighted by atomic mass is 16.2. The van der Waals surface area contributed by atoms with Crippen molar-refractivity contribution in [2.24, 2.45) is 0 Å². The van der Waals surface area contributed by atoms with E-state index >= 15 is 0 Å². The van der Waals surface area contributed by atoms with Gasteiger partial charge in [0.15, 0.2) is 0 Å². The first-order valence-electron chi connectivity index (χ1n) is 5.32. The summed E-state index contributed by atoms with van der Waals surface area (Å²) < 4.78 is 0. The Kier molecular flexibility index (Phi) is 2.71. The Balaban J connectivity index is 2.59. The number of hydrogen-bond donors (Lipinski definition) is 0. The Bertz CT molecular complexity index is 518. The van der Waals surface area contributed by atoms with Crippen molar-refractivity contribution >= 4 is 17.4 Å². The number of carbonyl (C=O) groups is 2. The van der Waals surface area contributed by atoms with Crippen molar-refractivity contribution in [3.8, 4) is 0 Å². The van der Waals surface area contributed by atoms with Gasteiger partial charge in [0.1, 0.15) is 5.57 Å². The zero-order valence-electron chi connectivity index (χ0n) is 10.1. The van der Waals surface area contributed by atoms with Gasteiger partial charge in [0.2, 0.25) is 5.78 Å². The Labute approximate surface area is 100 Å². The van der Waals surface area contributed by atoms with Gasteiger partial charge in [-0.25, -0.2) is 0 Å². The van der Waals surface area contributed by atoms with Crippen LogP contribution >= 0.6 is 0 Å². The lowest BCUT2D eigenvalue weighted by molar-refractivity contribution is -0.114. The Morgan fingerprint density at radius 1 is 1.18 bits per heavy atom. The lowest BCUT2D eigenvalue weighted by Crippen LogP contribution is -2.37. The van der Waals surface area contributed by atoms with Crippen LogP contribution in [0.1, 0.15) is 10.4 Å². The van der Waals surface area contributed by atoms with Crippen LogP contribution in [0.3, 0.4) is 0 Å². The van der Waals surface area contributed by atoms with Crippen molar-refractivity contribution in [3.05, 3.63) is 41.6 Å². The number of carbonyl (C=O) groups excluding carboxylic acids is 2. The average Bonchev–Trinajstić information content (AvgIpc) is 2.31. The SMILES string of the molecule is CN(C)/C=C1\C(=O)c2ccccc2N(C)C1=O. The van der Waals surface area contributed by atoms with Crippen LogP contribution in [0, 0.1) is 0 Å². The van der Waals surface area contributed by atoms with Gasteiger partial charge in [-0.15, -0.1) is 0 Å². The monoisotopic (exact) mass is 230 g/mol. The molecule has 0 aliphatic carbocycles. The van der Waals surface area contributed by atoms with Crippen molar-refractivity contribution in [2.75, 3.05) is 26.0 Å². The molecule has 2 rings (SSSR count). The summed E-state index contributed by atoms with van der Waals surface area (Å²) in [7, 11) is 5.25. The first kappa shape index (κ1) is 11.4. The molecular weight excluding hydrogens is 216 g/mol. The van der Waals surface area contributed by atoms with E-state index in [0.717, 1.165) is 0 Å². The zero-order chi connectivity index (χ0) is 12.6. The highest BCUT2D eigenvalue weighted by molar-refractivity contribution is 6.34. The fourth-order valence-electron chi connectivity index (χ4n) is 1.86. The average molecular weight is 230 g/mol. The third-order valence-electron chi connectivity index (χ3n) is 2.68.